The molecular weight excluding hydrogens is 180 g/mol. The predicted octanol–water partition coefficient (Wildman–Crippen LogP) is 0.572. The molecule has 0 unspecified atom stereocenters. The quantitative estimate of drug-likeness (QED) is 0.715. The van der Waals surface area contributed by atoms with Gasteiger partial charge in [-0.25, -0.2) is 19.6 Å². The summed E-state index contributed by atoms with van der Waals surface area (Å²) in [6.07, 6.45) is 1.70. The molecule has 72 valence electrons. The van der Waals surface area contributed by atoms with Gasteiger partial charge in [0.25, 0.3) is 0 Å². The number of rotatable bonds is 1. The molecule has 5 heteroatoms. The molecule has 5 nitrogen and oxygen atoms in total. The van der Waals surface area contributed by atoms with Crippen LogP contribution in [0.4, 0.5) is 0 Å². The molecule has 0 aromatic carbocycles. The Kier molecular flexibility index (Phi) is 1.92. The first-order valence-electron chi connectivity index (χ1n) is 4.25. The van der Waals surface area contributed by atoms with Gasteiger partial charge in [0.05, 0.1) is 0 Å². The fourth-order valence-electron chi connectivity index (χ4n) is 1.26. The molecule has 0 bridgehead atoms. The van der Waals surface area contributed by atoms with Crippen LogP contribution >= 0.6 is 0 Å². The Morgan fingerprint density at radius 1 is 1.43 bits per heavy atom. The molecule has 0 fully saturated rings. The topological polar surface area (TPSA) is 63.6 Å². The second-order valence-corrected chi connectivity index (χ2v) is 3.10. The van der Waals surface area contributed by atoms with E-state index in [1.54, 1.807) is 17.8 Å². The van der Waals surface area contributed by atoms with Gasteiger partial charge in [-0.3, -0.25) is 0 Å². The molecule has 0 aliphatic heterocycles. The summed E-state index contributed by atoms with van der Waals surface area (Å²) < 4.78 is 1.56. The number of aryl methyl sites for hydroxylation is 2. The van der Waals surface area contributed by atoms with Gasteiger partial charge in [0, 0.05) is 6.20 Å². The zero-order chi connectivity index (χ0) is 10.1. The minimum absolute atomic E-state index is 0.356. The smallest absolute Gasteiger partial charge is 0.244 e. The summed E-state index contributed by atoms with van der Waals surface area (Å²) in [6, 6.07) is 3.78. The van der Waals surface area contributed by atoms with Gasteiger partial charge < -0.3 is 0 Å². The Morgan fingerprint density at radius 3 is 2.79 bits per heavy atom. The normalized spacial score (nSPS) is 10.4. The fourth-order valence-corrected chi connectivity index (χ4v) is 1.26. The van der Waals surface area contributed by atoms with Crippen molar-refractivity contribution in [2.75, 3.05) is 0 Å². The van der Waals surface area contributed by atoms with Crippen LogP contribution in [0, 0.1) is 13.8 Å². The number of hydrogen-bond acceptors (Lipinski definition) is 3. The standard InChI is InChI=1S/C9H10N4O/c1-6-3-4-10-8(5-6)13-7(2)11-9(14)12-13/h3-5H,1-2H3,(H,12,14). The Morgan fingerprint density at radius 2 is 2.21 bits per heavy atom. The highest BCUT2D eigenvalue weighted by atomic mass is 16.1. The van der Waals surface area contributed by atoms with Crippen LogP contribution in [0.25, 0.3) is 5.82 Å². The van der Waals surface area contributed by atoms with E-state index >= 15 is 0 Å². The molecule has 0 aliphatic carbocycles. The minimum Gasteiger partial charge on any atom is -0.244 e. The fraction of sp³-hybridized carbons (Fsp3) is 0.222. The van der Waals surface area contributed by atoms with Crippen molar-refractivity contribution in [3.63, 3.8) is 0 Å². The summed E-state index contributed by atoms with van der Waals surface area (Å²) in [7, 11) is 0. The SMILES string of the molecule is Cc1ccnc(-n2[nH]c(=O)nc2C)c1. The molecule has 2 aromatic rings. The Balaban J connectivity index is 2.59. The number of nitrogens with one attached hydrogen (secondary N) is 1. The van der Waals surface area contributed by atoms with Crippen LogP contribution in [0.2, 0.25) is 0 Å². The molecule has 2 heterocycles. The van der Waals surface area contributed by atoms with Crippen molar-refractivity contribution in [3.8, 4) is 5.82 Å². The van der Waals surface area contributed by atoms with E-state index in [2.05, 4.69) is 15.1 Å². The van der Waals surface area contributed by atoms with Gasteiger partial charge in [-0.1, -0.05) is 0 Å². The van der Waals surface area contributed by atoms with Gasteiger partial charge in [0.1, 0.15) is 5.82 Å². The largest absolute Gasteiger partial charge is 0.361 e. The molecular formula is C9H10N4O. The highest BCUT2D eigenvalue weighted by molar-refractivity contribution is 5.26. The molecule has 1 N–H and O–H groups in total. The van der Waals surface area contributed by atoms with Gasteiger partial charge in [-0.05, 0) is 31.5 Å². The summed E-state index contributed by atoms with van der Waals surface area (Å²) in [5.74, 6) is 1.28. The summed E-state index contributed by atoms with van der Waals surface area (Å²) in [6.45, 7) is 3.72. The molecule has 0 atom stereocenters. The Labute approximate surface area is 80.4 Å². The van der Waals surface area contributed by atoms with Gasteiger partial charge in [-0.2, -0.15) is 4.98 Å². The third kappa shape index (κ3) is 1.44. The molecule has 14 heavy (non-hydrogen) atoms. The van der Waals surface area contributed by atoms with E-state index in [0.717, 1.165) is 5.56 Å². The number of nitrogens with zero attached hydrogens (tertiary/aromatic N) is 3. The van der Waals surface area contributed by atoms with E-state index in [1.807, 2.05) is 19.1 Å². The molecule has 0 spiro atoms. The van der Waals surface area contributed by atoms with E-state index < -0.39 is 0 Å². The number of aromatic amines is 1. The highest BCUT2D eigenvalue weighted by Gasteiger charge is 2.03. The lowest BCUT2D eigenvalue weighted by Gasteiger charge is -2.02. The van der Waals surface area contributed by atoms with Crippen LogP contribution in [0.15, 0.2) is 23.1 Å². The van der Waals surface area contributed by atoms with Crippen molar-refractivity contribution in [1.82, 2.24) is 19.7 Å². The van der Waals surface area contributed by atoms with Crippen LogP contribution in [0.1, 0.15) is 11.4 Å². The van der Waals surface area contributed by atoms with Gasteiger partial charge in [0.2, 0.25) is 0 Å². The second kappa shape index (κ2) is 3.10. The van der Waals surface area contributed by atoms with Crippen LogP contribution in [0.5, 0.6) is 0 Å². The van der Waals surface area contributed by atoms with Gasteiger partial charge >= 0.3 is 5.69 Å². The first kappa shape index (κ1) is 8.68. The lowest BCUT2D eigenvalue weighted by atomic mass is 10.3. The Hall–Kier alpha value is -1.91. The van der Waals surface area contributed by atoms with Crippen LogP contribution in [-0.2, 0) is 0 Å². The van der Waals surface area contributed by atoms with Crippen LogP contribution in [-0.4, -0.2) is 19.7 Å². The third-order valence-corrected chi connectivity index (χ3v) is 1.92. The summed E-state index contributed by atoms with van der Waals surface area (Å²) >= 11 is 0. The molecule has 0 aliphatic rings. The maximum atomic E-state index is 11.0. The molecule has 0 saturated heterocycles. The van der Waals surface area contributed by atoms with E-state index in [0.29, 0.717) is 11.6 Å². The first-order chi connectivity index (χ1) is 6.66. The molecule has 0 saturated carbocycles. The number of aromatic nitrogens is 4. The van der Waals surface area contributed by atoms with Crippen molar-refractivity contribution >= 4 is 0 Å². The van der Waals surface area contributed by atoms with Crippen molar-refractivity contribution in [3.05, 3.63) is 40.2 Å². The maximum absolute atomic E-state index is 11.0. The van der Waals surface area contributed by atoms with E-state index in [1.165, 1.54) is 0 Å². The molecule has 0 radical (unpaired) electrons. The summed E-state index contributed by atoms with van der Waals surface area (Å²) in [4.78, 5) is 18.8. The number of H-pyrrole nitrogens is 1. The van der Waals surface area contributed by atoms with Gasteiger partial charge in [0.15, 0.2) is 5.82 Å². The average Bonchev–Trinajstić information content (AvgIpc) is 2.45. The van der Waals surface area contributed by atoms with Crippen molar-refractivity contribution in [2.24, 2.45) is 0 Å². The van der Waals surface area contributed by atoms with Crippen molar-refractivity contribution < 1.29 is 0 Å². The molecule has 0 amide bonds. The molecule has 2 rings (SSSR count). The van der Waals surface area contributed by atoms with Crippen molar-refractivity contribution in [2.45, 2.75) is 13.8 Å². The zero-order valence-electron chi connectivity index (χ0n) is 7.98. The van der Waals surface area contributed by atoms with Gasteiger partial charge in [-0.15, -0.1) is 0 Å². The first-order valence-corrected chi connectivity index (χ1v) is 4.25. The lowest BCUT2D eigenvalue weighted by Crippen LogP contribution is -2.06. The van der Waals surface area contributed by atoms with E-state index in [-0.39, 0.29) is 5.69 Å². The zero-order valence-corrected chi connectivity index (χ0v) is 7.98. The van der Waals surface area contributed by atoms with E-state index in [9.17, 15) is 4.79 Å². The Bertz CT molecular complexity index is 512. The lowest BCUT2D eigenvalue weighted by molar-refractivity contribution is 0.802. The summed E-state index contributed by atoms with van der Waals surface area (Å²) in [5, 5.41) is 2.58. The third-order valence-electron chi connectivity index (χ3n) is 1.92. The van der Waals surface area contributed by atoms with Crippen LogP contribution in [0.3, 0.4) is 0 Å². The van der Waals surface area contributed by atoms with E-state index in [4.69, 9.17) is 0 Å². The number of hydrogen-bond donors (Lipinski definition) is 1. The average molecular weight is 190 g/mol. The minimum atomic E-state index is -0.356. The number of pyridine rings is 1. The monoisotopic (exact) mass is 190 g/mol. The molecule has 2 aromatic heterocycles. The predicted molar refractivity (Wildman–Crippen MR) is 51.5 cm³/mol. The second-order valence-electron chi connectivity index (χ2n) is 3.10. The van der Waals surface area contributed by atoms with Crippen molar-refractivity contribution in [1.29, 1.82) is 0 Å². The summed E-state index contributed by atoms with van der Waals surface area (Å²) in [5.41, 5.74) is 0.731. The highest BCUT2D eigenvalue weighted by Crippen LogP contribution is 2.05. The van der Waals surface area contributed by atoms with Crippen LogP contribution < -0.4 is 5.69 Å². The maximum Gasteiger partial charge on any atom is 0.361 e.